The van der Waals surface area contributed by atoms with Crippen LogP contribution in [0.4, 0.5) is 0 Å². The van der Waals surface area contributed by atoms with Crippen molar-refractivity contribution in [1.29, 1.82) is 0 Å². The molecule has 0 bridgehead atoms. The molecule has 1 saturated carbocycles. The Hall–Kier alpha value is -1.11. The summed E-state index contributed by atoms with van der Waals surface area (Å²) in [6, 6.07) is 7.08. The standard InChI is InChI=1S/C14H20O5S/c1-3-20(17,18)13-12(14(13,8-15)9-16)10-4-6-11(19-2)7-5-10/h4-7,12-13,15-16H,3,8-9H2,1-2H3/t12-,13-/m0/s1. The number of hydrogen-bond acceptors (Lipinski definition) is 5. The molecule has 1 aliphatic carbocycles. The highest BCUT2D eigenvalue weighted by Gasteiger charge is 2.69. The van der Waals surface area contributed by atoms with Gasteiger partial charge >= 0.3 is 0 Å². The largest absolute Gasteiger partial charge is 0.497 e. The fourth-order valence-corrected chi connectivity index (χ4v) is 5.08. The van der Waals surface area contributed by atoms with Gasteiger partial charge in [-0.1, -0.05) is 19.1 Å². The van der Waals surface area contributed by atoms with Crippen molar-refractivity contribution in [3.05, 3.63) is 29.8 Å². The zero-order valence-electron chi connectivity index (χ0n) is 11.6. The molecule has 1 aromatic carbocycles. The van der Waals surface area contributed by atoms with Gasteiger partial charge in [0, 0.05) is 17.1 Å². The molecule has 6 heteroatoms. The van der Waals surface area contributed by atoms with E-state index in [1.54, 1.807) is 38.3 Å². The Morgan fingerprint density at radius 3 is 2.15 bits per heavy atom. The van der Waals surface area contributed by atoms with Crippen LogP contribution in [-0.4, -0.2) is 50.0 Å². The first-order chi connectivity index (χ1) is 9.46. The molecule has 20 heavy (non-hydrogen) atoms. The van der Waals surface area contributed by atoms with Crippen molar-refractivity contribution in [3.63, 3.8) is 0 Å². The molecule has 2 rings (SSSR count). The zero-order valence-corrected chi connectivity index (χ0v) is 12.4. The van der Waals surface area contributed by atoms with Crippen LogP contribution in [0.2, 0.25) is 0 Å². The maximum atomic E-state index is 12.2. The summed E-state index contributed by atoms with van der Waals surface area (Å²) >= 11 is 0. The lowest BCUT2D eigenvalue weighted by atomic mass is 10.0. The summed E-state index contributed by atoms with van der Waals surface area (Å²) in [4.78, 5) is 0. The maximum Gasteiger partial charge on any atom is 0.154 e. The van der Waals surface area contributed by atoms with Crippen molar-refractivity contribution >= 4 is 9.84 Å². The van der Waals surface area contributed by atoms with Gasteiger partial charge in [-0.25, -0.2) is 8.42 Å². The molecular weight excluding hydrogens is 280 g/mol. The first-order valence-corrected chi connectivity index (χ1v) is 8.25. The number of benzene rings is 1. The summed E-state index contributed by atoms with van der Waals surface area (Å²) in [5.41, 5.74) is -0.167. The van der Waals surface area contributed by atoms with Gasteiger partial charge in [0.05, 0.1) is 25.6 Å². The molecule has 0 spiro atoms. The molecule has 1 aromatic rings. The number of sulfone groups is 1. The summed E-state index contributed by atoms with van der Waals surface area (Å²) in [6.45, 7) is 0.895. The monoisotopic (exact) mass is 300 g/mol. The number of aliphatic hydroxyl groups excluding tert-OH is 2. The molecule has 2 N–H and O–H groups in total. The van der Waals surface area contributed by atoms with Gasteiger partial charge in [0.2, 0.25) is 0 Å². The van der Waals surface area contributed by atoms with Crippen LogP contribution >= 0.6 is 0 Å². The van der Waals surface area contributed by atoms with Crippen LogP contribution in [-0.2, 0) is 9.84 Å². The third kappa shape index (κ3) is 2.21. The van der Waals surface area contributed by atoms with E-state index in [1.807, 2.05) is 0 Å². The van der Waals surface area contributed by atoms with Crippen molar-refractivity contribution in [2.75, 3.05) is 26.1 Å². The van der Waals surface area contributed by atoms with Crippen LogP contribution < -0.4 is 4.74 Å². The van der Waals surface area contributed by atoms with Gasteiger partial charge in [0.15, 0.2) is 9.84 Å². The van der Waals surface area contributed by atoms with Gasteiger partial charge < -0.3 is 14.9 Å². The van der Waals surface area contributed by atoms with Gasteiger partial charge in [-0.15, -0.1) is 0 Å². The van der Waals surface area contributed by atoms with Crippen molar-refractivity contribution in [2.24, 2.45) is 5.41 Å². The summed E-state index contributed by atoms with van der Waals surface area (Å²) < 4.78 is 29.4. The number of ether oxygens (including phenoxy) is 1. The smallest absolute Gasteiger partial charge is 0.154 e. The Balaban J connectivity index is 2.38. The normalized spacial score (nSPS) is 24.4. The van der Waals surface area contributed by atoms with E-state index in [4.69, 9.17) is 4.74 Å². The average molecular weight is 300 g/mol. The number of hydrogen-bond donors (Lipinski definition) is 2. The topological polar surface area (TPSA) is 83.8 Å². The first-order valence-electron chi connectivity index (χ1n) is 6.54. The molecule has 0 amide bonds. The van der Waals surface area contributed by atoms with E-state index in [9.17, 15) is 18.6 Å². The van der Waals surface area contributed by atoms with E-state index in [0.29, 0.717) is 5.75 Å². The second-order valence-electron chi connectivity index (χ2n) is 5.17. The molecule has 0 saturated heterocycles. The third-order valence-electron chi connectivity index (χ3n) is 4.23. The number of aliphatic hydroxyl groups is 2. The lowest BCUT2D eigenvalue weighted by Gasteiger charge is -2.11. The summed E-state index contributed by atoms with van der Waals surface area (Å²) in [5, 5.41) is 18.4. The number of methoxy groups -OCH3 is 1. The van der Waals surface area contributed by atoms with Crippen molar-refractivity contribution < 1.29 is 23.4 Å². The molecule has 0 heterocycles. The van der Waals surface area contributed by atoms with Crippen LogP contribution in [0.25, 0.3) is 0 Å². The fraction of sp³-hybridized carbons (Fsp3) is 0.571. The molecule has 0 aromatic heterocycles. The highest BCUT2D eigenvalue weighted by atomic mass is 32.2. The zero-order chi connectivity index (χ0) is 15.0. The summed E-state index contributed by atoms with van der Waals surface area (Å²) in [6.07, 6.45) is 0. The van der Waals surface area contributed by atoms with E-state index in [2.05, 4.69) is 0 Å². The van der Waals surface area contributed by atoms with Gasteiger partial charge in [0.25, 0.3) is 0 Å². The van der Waals surface area contributed by atoms with Crippen LogP contribution in [0.3, 0.4) is 0 Å². The Morgan fingerprint density at radius 2 is 1.75 bits per heavy atom. The quantitative estimate of drug-likeness (QED) is 0.802. The lowest BCUT2D eigenvalue weighted by molar-refractivity contribution is 0.130. The van der Waals surface area contributed by atoms with E-state index in [-0.39, 0.29) is 24.9 Å². The molecule has 1 aliphatic rings. The Bertz CT molecular complexity index is 560. The third-order valence-corrected chi connectivity index (χ3v) is 6.55. The van der Waals surface area contributed by atoms with Crippen LogP contribution in [0.5, 0.6) is 5.75 Å². The minimum absolute atomic E-state index is 0.00602. The molecule has 1 fully saturated rings. The summed E-state index contributed by atoms with van der Waals surface area (Å²) in [5.74, 6) is 0.322. The molecule has 0 radical (unpaired) electrons. The lowest BCUT2D eigenvalue weighted by Crippen LogP contribution is -2.23. The van der Waals surface area contributed by atoms with Gasteiger partial charge in [0.1, 0.15) is 5.75 Å². The predicted octanol–water partition coefficient (Wildman–Crippen LogP) is 0.567. The highest BCUT2D eigenvalue weighted by molar-refractivity contribution is 7.92. The van der Waals surface area contributed by atoms with Crippen molar-refractivity contribution in [3.8, 4) is 5.75 Å². The average Bonchev–Trinajstić information content (AvgIpc) is 3.18. The molecule has 0 aliphatic heterocycles. The van der Waals surface area contributed by atoms with Crippen LogP contribution in [0, 0.1) is 5.41 Å². The molecule has 2 atom stereocenters. The number of rotatable bonds is 6. The van der Waals surface area contributed by atoms with E-state index < -0.39 is 20.5 Å². The van der Waals surface area contributed by atoms with Gasteiger partial charge in [-0.3, -0.25) is 0 Å². The Labute approximate surface area is 119 Å². The molecule has 112 valence electrons. The first kappa shape index (κ1) is 15.3. The van der Waals surface area contributed by atoms with Gasteiger partial charge in [-0.05, 0) is 17.7 Å². The van der Waals surface area contributed by atoms with Crippen molar-refractivity contribution in [2.45, 2.75) is 18.1 Å². The van der Waals surface area contributed by atoms with E-state index in [0.717, 1.165) is 5.56 Å². The fourth-order valence-electron chi connectivity index (χ4n) is 2.94. The van der Waals surface area contributed by atoms with E-state index in [1.165, 1.54) is 0 Å². The summed E-state index contributed by atoms with van der Waals surface area (Å²) in [7, 11) is -1.76. The maximum absolute atomic E-state index is 12.2. The van der Waals surface area contributed by atoms with Crippen LogP contribution in [0.1, 0.15) is 18.4 Å². The minimum Gasteiger partial charge on any atom is -0.497 e. The van der Waals surface area contributed by atoms with Crippen LogP contribution in [0.15, 0.2) is 24.3 Å². The molecule has 0 unspecified atom stereocenters. The minimum atomic E-state index is -3.32. The molecule has 5 nitrogen and oxygen atoms in total. The second kappa shape index (κ2) is 5.35. The Morgan fingerprint density at radius 1 is 1.20 bits per heavy atom. The Kier molecular flexibility index (Phi) is 4.09. The predicted molar refractivity (Wildman–Crippen MR) is 75.6 cm³/mol. The molecular formula is C14H20O5S. The highest BCUT2D eigenvalue weighted by Crippen LogP contribution is 2.62. The van der Waals surface area contributed by atoms with E-state index >= 15 is 0 Å². The second-order valence-corrected chi connectivity index (χ2v) is 7.58. The van der Waals surface area contributed by atoms with Gasteiger partial charge in [-0.2, -0.15) is 0 Å². The van der Waals surface area contributed by atoms with Crippen molar-refractivity contribution in [1.82, 2.24) is 0 Å². The SMILES string of the molecule is CCS(=O)(=O)[C@H]1[C@H](c2ccc(OC)cc2)C1(CO)CO.